The third kappa shape index (κ3) is 8.84. The van der Waals surface area contributed by atoms with Gasteiger partial charge in [0.1, 0.15) is 5.01 Å². The fourth-order valence-electron chi connectivity index (χ4n) is 3.63. The average molecular weight is 575 g/mol. The molecule has 1 heterocycles. The lowest BCUT2D eigenvalue weighted by Crippen LogP contribution is -2.40. The van der Waals surface area contributed by atoms with Crippen molar-refractivity contribution in [2.45, 2.75) is 78.0 Å². The molecule has 1 atom stereocenters. The predicted molar refractivity (Wildman–Crippen MR) is 156 cm³/mol. The van der Waals surface area contributed by atoms with E-state index in [2.05, 4.69) is 20.3 Å². The summed E-state index contributed by atoms with van der Waals surface area (Å²) in [6, 6.07) is 12.5. The number of carbonyl (C=O) groups excluding carboxylic acids is 1. The minimum Gasteiger partial charge on any atom is -0.352 e. The highest BCUT2D eigenvalue weighted by molar-refractivity contribution is 7.89. The summed E-state index contributed by atoms with van der Waals surface area (Å²) in [5.74, 6) is -0.277. The number of nitrogens with one attached hydrogen (secondary N) is 3. The van der Waals surface area contributed by atoms with Crippen LogP contribution in [-0.4, -0.2) is 42.5 Å². The van der Waals surface area contributed by atoms with Crippen LogP contribution in [0.25, 0.3) is 21.0 Å². The SMILES string of the molecule is CC(C)OC(O)Nc1ccc(-c2ncc(-c3ccc(CNC(=O)C(C)C)cc3S(=O)(=O)NC(C)(C)C)s2)cc1. The quantitative estimate of drug-likeness (QED) is 0.239. The first-order valence-electron chi connectivity index (χ1n) is 12.8. The zero-order valence-corrected chi connectivity index (χ0v) is 25.0. The number of benzene rings is 2. The second-order valence-corrected chi connectivity index (χ2v) is 13.5. The molecule has 39 heavy (non-hydrogen) atoms. The first-order valence-corrected chi connectivity index (χ1v) is 15.1. The van der Waals surface area contributed by atoms with E-state index in [1.807, 2.05) is 44.2 Å². The smallest absolute Gasteiger partial charge is 0.241 e. The van der Waals surface area contributed by atoms with Crippen LogP contribution < -0.4 is 15.4 Å². The lowest BCUT2D eigenvalue weighted by atomic mass is 10.1. The Kier molecular flexibility index (Phi) is 9.89. The Morgan fingerprint density at radius 2 is 1.74 bits per heavy atom. The van der Waals surface area contributed by atoms with Gasteiger partial charge in [-0.15, -0.1) is 11.3 Å². The Hall–Kier alpha value is -2.83. The first kappa shape index (κ1) is 30.7. The fraction of sp³-hybridized carbons (Fsp3) is 0.429. The summed E-state index contributed by atoms with van der Waals surface area (Å²) in [6.45, 7) is 12.9. The van der Waals surface area contributed by atoms with Gasteiger partial charge in [0.2, 0.25) is 22.3 Å². The molecule has 0 aliphatic heterocycles. The van der Waals surface area contributed by atoms with E-state index in [0.29, 0.717) is 21.7 Å². The number of amides is 1. The van der Waals surface area contributed by atoms with E-state index in [1.165, 1.54) is 11.3 Å². The van der Waals surface area contributed by atoms with Crippen molar-refractivity contribution in [2.24, 2.45) is 5.92 Å². The van der Waals surface area contributed by atoms with Gasteiger partial charge in [-0.2, -0.15) is 0 Å². The monoisotopic (exact) mass is 574 g/mol. The Balaban J connectivity index is 1.92. The van der Waals surface area contributed by atoms with Crippen molar-refractivity contribution in [3.63, 3.8) is 0 Å². The van der Waals surface area contributed by atoms with Gasteiger partial charge in [0, 0.05) is 41.0 Å². The summed E-state index contributed by atoms with van der Waals surface area (Å²) in [5, 5.41) is 16.4. The summed E-state index contributed by atoms with van der Waals surface area (Å²) < 4.78 is 34.9. The molecule has 3 aromatic rings. The minimum absolute atomic E-state index is 0.105. The Bertz CT molecular complexity index is 1380. The van der Waals surface area contributed by atoms with Crippen molar-refractivity contribution in [2.75, 3.05) is 5.32 Å². The largest absolute Gasteiger partial charge is 0.352 e. The molecule has 0 bridgehead atoms. The third-order valence-electron chi connectivity index (χ3n) is 5.36. The zero-order valence-electron chi connectivity index (χ0n) is 23.4. The topological polar surface area (TPSA) is 130 Å². The number of rotatable bonds is 11. The average Bonchev–Trinajstić information content (AvgIpc) is 3.31. The number of hydrogen-bond acceptors (Lipinski definition) is 8. The molecule has 0 fully saturated rings. The highest BCUT2D eigenvalue weighted by Crippen LogP contribution is 2.36. The van der Waals surface area contributed by atoms with E-state index in [4.69, 9.17) is 4.74 Å². The zero-order chi connectivity index (χ0) is 29.0. The summed E-state index contributed by atoms with van der Waals surface area (Å²) >= 11 is 1.38. The maximum absolute atomic E-state index is 13.5. The lowest BCUT2D eigenvalue weighted by Gasteiger charge is -2.22. The molecule has 0 saturated heterocycles. The second kappa shape index (κ2) is 12.6. The van der Waals surface area contributed by atoms with Gasteiger partial charge in [-0.25, -0.2) is 18.1 Å². The third-order valence-corrected chi connectivity index (χ3v) is 8.24. The van der Waals surface area contributed by atoms with Crippen LogP contribution >= 0.6 is 11.3 Å². The number of carbonyl (C=O) groups is 1. The van der Waals surface area contributed by atoms with Gasteiger partial charge in [-0.3, -0.25) is 4.79 Å². The molecule has 0 aliphatic rings. The molecule has 1 amide bonds. The molecule has 3 rings (SSSR count). The van der Waals surface area contributed by atoms with Crippen molar-refractivity contribution in [1.29, 1.82) is 0 Å². The Labute approximate surface area is 235 Å². The fourth-order valence-corrected chi connectivity index (χ4v) is 6.35. The second-order valence-electron chi connectivity index (χ2n) is 10.8. The minimum atomic E-state index is -3.88. The van der Waals surface area contributed by atoms with Gasteiger partial charge in [0.05, 0.1) is 15.9 Å². The molecule has 0 spiro atoms. The van der Waals surface area contributed by atoms with Crippen molar-refractivity contribution >= 4 is 33.0 Å². The van der Waals surface area contributed by atoms with Crippen LogP contribution in [0.5, 0.6) is 0 Å². The van der Waals surface area contributed by atoms with Crippen LogP contribution in [0.3, 0.4) is 0 Å². The van der Waals surface area contributed by atoms with E-state index in [9.17, 15) is 18.3 Å². The molecule has 11 heteroatoms. The standard InChI is InChI=1S/C28H38N4O5S2/c1-17(2)25(33)29-15-19-8-13-22(24(14-19)39(35,36)32-28(5,6)7)23-16-30-26(38-23)20-9-11-21(12-10-20)31-27(34)37-18(3)4/h8-14,16-18,27,31-32,34H,15H2,1-7H3,(H,29,33). The first-order chi connectivity index (χ1) is 18.1. The van der Waals surface area contributed by atoms with Crippen LogP contribution in [0, 0.1) is 5.92 Å². The number of thiazole rings is 1. The van der Waals surface area contributed by atoms with Gasteiger partial charge in [-0.05, 0) is 70.5 Å². The van der Waals surface area contributed by atoms with Crippen molar-refractivity contribution in [1.82, 2.24) is 15.0 Å². The number of aliphatic hydroxyl groups is 1. The molecular weight excluding hydrogens is 536 g/mol. The van der Waals surface area contributed by atoms with E-state index < -0.39 is 22.0 Å². The molecule has 0 saturated carbocycles. The molecule has 9 nitrogen and oxygen atoms in total. The molecule has 1 unspecified atom stereocenters. The molecule has 2 aromatic carbocycles. The Morgan fingerprint density at radius 1 is 1.08 bits per heavy atom. The lowest BCUT2D eigenvalue weighted by molar-refractivity contribution is -0.124. The van der Waals surface area contributed by atoms with Crippen molar-refractivity contribution in [3.05, 3.63) is 54.2 Å². The van der Waals surface area contributed by atoms with Crippen LogP contribution in [0.1, 0.15) is 54.0 Å². The normalized spacial score (nSPS) is 13.1. The molecule has 0 radical (unpaired) electrons. The summed E-state index contributed by atoms with van der Waals surface area (Å²) in [4.78, 5) is 17.4. The summed E-state index contributed by atoms with van der Waals surface area (Å²) in [7, 11) is -3.88. The van der Waals surface area contributed by atoms with Crippen LogP contribution in [0.15, 0.2) is 53.6 Å². The molecule has 4 N–H and O–H groups in total. The highest BCUT2D eigenvalue weighted by atomic mass is 32.2. The van der Waals surface area contributed by atoms with E-state index in [0.717, 1.165) is 10.6 Å². The van der Waals surface area contributed by atoms with Gasteiger partial charge in [0.15, 0.2) is 0 Å². The van der Waals surface area contributed by atoms with Crippen LogP contribution in [0.4, 0.5) is 5.69 Å². The summed E-state index contributed by atoms with van der Waals surface area (Å²) in [6.07, 6.45) is 0.421. The molecular formula is C28H38N4O5S2. The number of nitrogens with zero attached hydrogens (tertiary/aromatic N) is 1. The molecule has 212 valence electrons. The molecule has 0 aliphatic carbocycles. The van der Waals surface area contributed by atoms with Gasteiger partial charge in [-0.1, -0.05) is 26.0 Å². The number of anilines is 1. The number of sulfonamides is 1. The summed E-state index contributed by atoms with van der Waals surface area (Å²) in [5.41, 5.74) is 2.06. The van der Waals surface area contributed by atoms with E-state index in [-0.39, 0.29) is 29.4 Å². The number of hydrogen-bond donors (Lipinski definition) is 4. The van der Waals surface area contributed by atoms with Gasteiger partial charge < -0.3 is 20.5 Å². The van der Waals surface area contributed by atoms with Crippen LogP contribution in [0.2, 0.25) is 0 Å². The number of aliphatic hydroxyl groups excluding tert-OH is 1. The highest BCUT2D eigenvalue weighted by Gasteiger charge is 2.26. The predicted octanol–water partition coefficient (Wildman–Crippen LogP) is 4.94. The maximum atomic E-state index is 13.5. The molecule has 1 aromatic heterocycles. The van der Waals surface area contributed by atoms with E-state index >= 15 is 0 Å². The maximum Gasteiger partial charge on any atom is 0.241 e. The number of ether oxygens (including phenoxy) is 1. The van der Waals surface area contributed by atoms with Crippen molar-refractivity contribution < 1.29 is 23.1 Å². The van der Waals surface area contributed by atoms with E-state index in [1.54, 1.807) is 52.9 Å². The van der Waals surface area contributed by atoms with Crippen LogP contribution in [-0.2, 0) is 26.1 Å². The number of aromatic nitrogens is 1. The van der Waals surface area contributed by atoms with Gasteiger partial charge >= 0.3 is 0 Å². The Morgan fingerprint density at radius 3 is 2.33 bits per heavy atom. The van der Waals surface area contributed by atoms with Crippen molar-refractivity contribution in [3.8, 4) is 21.0 Å². The van der Waals surface area contributed by atoms with Gasteiger partial charge in [0.25, 0.3) is 0 Å².